The van der Waals surface area contributed by atoms with E-state index in [1.807, 2.05) is 0 Å². The van der Waals surface area contributed by atoms with E-state index in [9.17, 15) is 4.79 Å². The van der Waals surface area contributed by atoms with Crippen LogP contribution >= 0.6 is 0 Å². The molecule has 0 spiro atoms. The zero-order valence-electron chi connectivity index (χ0n) is 6.79. The summed E-state index contributed by atoms with van der Waals surface area (Å²) in [7, 11) is 0. The van der Waals surface area contributed by atoms with E-state index in [0.29, 0.717) is 12.3 Å². The first-order chi connectivity index (χ1) is 5.11. The minimum atomic E-state index is -0.877. The van der Waals surface area contributed by atoms with Crippen molar-refractivity contribution in [2.24, 2.45) is 17.6 Å². The maximum absolute atomic E-state index is 10.4. The average Bonchev–Trinajstić information content (AvgIpc) is 2.67. The second-order valence-corrected chi connectivity index (χ2v) is 3.50. The van der Waals surface area contributed by atoms with Crippen molar-refractivity contribution < 1.29 is 9.90 Å². The Morgan fingerprint density at radius 1 is 1.73 bits per heavy atom. The van der Waals surface area contributed by atoms with Gasteiger partial charge in [-0.2, -0.15) is 0 Å². The summed E-state index contributed by atoms with van der Waals surface area (Å²) in [5, 5.41) is 8.51. The van der Waals surface area contributed by atoms with Gasteiger partial charge in [0, 0.05) is 0 Å². The SMILES string of the molecule is CC(C[C@@H](N)C(=O)O)C1CC1. The van der Waals surface area contributed by atoms with Crippen LogP contribution in [0.1, 0.15) is 26.2 Å². The molecule has 0 saturated heterocycles. The molecule has 0 aromatic rings. The summed E-state index contributed by atoms with van der Waals surface area (Å²) >= 11 is 0. The number of carboxylic acid groups (broad SMARTS) is 1. The molecule has 64 valence electrons. The van der Waals surface area contributed by atoms with Crippen LogP contribution in [-0.4, -0.2) is 17.1 Å². The van der Waals surface area contributed by atoms with Gasteiger partial charge in [-0.1, -0.05) is 6.92 Å². The highest BCUT2D eigenvalue weighted by Gasteiger charge is 2.30. The lowest BCUT2D eigenvalue weighted by molar-refractivity contribution is -0.138. The molecular weight excluding hydrogens is 142 g/mol. The summed E-state index contributed by atoms with van der Waals surface area (Å²) < 4.78 is 0. The molecule has 1 saturated carbocycles. The first-order valence-corrected chi connectivity index (χ1v) is 4.09. The maximum atomic E-state index is 10.4. The molecule has 1 aliphatic rings. The van der Waals surface area contributed by atoms with Gasteiger partial charge >= 0.3 is 5.97 Å². The van der Waals surface area contributed by atoms with Crippen LogP contribution in [0.3, 0.4) is 0 Å². The molecule has 3 N–H and O–H groups in total. The van der Waals surface area contributed by atoms with E-state index in [0.717, 1.165) is 5.92 Å². The first-order valence-electron chi connectivity index (χ1n) is 4.09. The quantitative estimate of drug-likeness (QED) is 0.635. The molecule has 0 aliphatic heterocycles. The number of carboxylic acids is 1. The van der Waals surface area contributed by atoms with Gasteiger partial charge in [-0.15, -0.1) is 0 Å². The van der Waals surface area contributed by atoms with Gasteiger partial charge in [-0.05, 0) is 31.1 Å². The van der Waals surface area contributed by atoms with Gasteiger partial charge in [0.1, 0.15) is 6.04 Å². The van der Waals surface area contributed by atoms with Crippen molar-refractivity contribution in [2.45, 2.75) is 32.2 Å². The Kier molecular flexibility index (Phi) is 2.49. The molecule has 0 heterocycles. The van der Waals surface area contributed by atoms with E-state index in [2.05, 4.69) is 6.92 Å². The Balaban J connectivity index is 2.22. The van der Waals surface area contributed by atoms with Gasteiger partial charge in [-0.25, -0.2) is 0 Å². The van der Waals surface area contributed by atoms with Crippen molar-refractivity contribution in [3.8, 4) is 0 Å². The van der Waals surface area contributed by atoms with E-state index in [-0.39, 0.29) is 0 Å². The first kappa shape index (κ1) is 8.53. The Hall–Kier alpha value is -0.570. The van der Waals surface area contributed by atoms with Crippen LogP contribution in [0.4, 0.5) is 0 Å². The molecule has 1 aliphatic carbocycles. The van der Waals surface area contributed by atoms with Crippen LogP contribution in [0.25, 0.3) is 0 Å². The highest BCUT2D eigenvalue weighted by molar-refractivity contribution is 5.73. The Morgan fingerprint density at radius 2 is 2.27 bits per heavy atom. The van der Waals surface area contributed by atoms with Crippen molar-refractivity contribution in [2.75, 3.05) is 0 Å². The summed E-state index contributed by atoms with van der Waals surface area (Å²) in [4.78, 5) is 10.4. The number of carbonyl (C=O) groups is 1. The smallest absolute Gasteiger partial charge is 0.320 e. The number of aliphatic carboxylic acids is 1. The van der Waals surface area contributed by atoms with Crippen molar-refractivity contribution in [1.29, 1.82) is 0 Å². The lowest BCUT2D eigenvalue weighted by Gasteiger charge is -2.12. The minimum absolute atomic E-state index is 0.487. The zero-order valence-corrected chi connectivity index (χ0v) is 6.79. The molecule has 0 amide bonds. The monoisotopic (exact) mass is 157 g/mol. The van der Waals surface area contributed by atoms with E-state index in [1.165, 1.54) is 12.8 Å². The van der Waals surface area contributed by atoms with Crippen LogP contribution in [-0.2, 0) is 4.79 Å². The van der Waals surface area contributed by atoms with Gasteiger partial charge in [0.05, 0.1) is 0 Å². The van der Waals surface area contributed by atoms with Gasteiger partial charge in [-0.3, -0.25) is 4.79 Å². The fourth-order valence-electron chi connectivity index (χ4n) is 1.36. The Morgan fingerprint density at radius 3 is 2.64 bits per heavy atom. The van der Waals surface area contributed by atoms with Gasteiger partial charge in [0.2, 0.25) is 0 Å². The number of hydrogen-bond donors (Lipinski definition) is 2. The molecule has 0 radical (unpaired) electrons. The van der Waals surface area contributed by atoms with E-state index in [1.54, 1.807) is 0 Å². The van der Waals surface area contributed by atoms with E-state index >= 15 is 0 Å². The third-order valence-electron chi connectivity index (χ3n) is 2.37. The normalized spacial score (nSPS) is 22.7. The third kappa shape index (κ3) is 2.50. The van der Waals surface area contributed by atoms with Gasteiger partial charge in [0.25, 0.3) is 0 Å². The van der Waals surface area contributed by atoms with Crippen molar-refractivity contribution >= 4 is 5.97 Å². The number of hydrogen-bond acceptors (Lipinski definition) is 2. The summed E-state index contributed by atoms with van der Waals surface area (Å²) in [6.45, 7) is 2.08. The average molecular weight is 157 g/mol. The summed E-state index contributed by atoms with van der Waals surface area (Å²) in [5.41, 5.74) is 5.38. The van der Waals surface area contributed by atoms with E-state index in [4.69, 9.17) is 10.8 Å². The Labute approximate surface area is 66.6 Å². The largest absolute Gasteiger partial charge is 0.480 e. The lowest BCUT2D eigenvalue weighted by atomic mass is 9.98. The predicted octanol–water partition coefficient (Wildman–Crippen LogP) is 0.834. The van der Waals surface area contributed by atoms with Crippen LogP contribution < -0.4 is 5.73 Å². The molecule has 1 rings (SSSR count). The number of nitrogens with two attached hydrogens (primary N) is 1. The second-order valence-electron chi connectivity index (χ2n) is 3.50. The lowest BCUT2D eigenvalue weighted by Crippen LogP contribution is -2.32. The highest BCUT2D eigenvalue weighted by Crippen LogP contribution is 2.38. The summed E-state index contributed by atoms with van der Waals surface area (Å²) in [5.74, 6) is 0.360. The highest BCUT2D eigenvalue weighted by atomic mass is 16.4. The molecule has 0 bridgehead atoms. The molecule has 1 fully saturated rings. The van der Waals surface area contributed by atoms with Crippen LogP contribution in [0.5, 0.6) is 0 Å². The number of rotatable bonds is 4. The maximum Gasteiger partial charge on any atom is 0.320 e. The molecular formula is C8H15NO2. The van der Waals surface area contributed by atoms with Crippen molar-refractivity contribution in [3.05, 3.63) is 0 Å². The second kappa shape index (κ2) is 3.22. The topological polar surface area (TPSA) is 63.3 Å². The third-order valence-corrected chi connectivity index (χ3v) is 2.37. The molecule has 3 nitrogen and oxygen atoms in total. The van der Waals surface area contributed by atoms with Crippen LogP contribution in [0.2, 0.25) is 0 Å². The molecule has 0 aromatic carbocycles. The molecule has 1 unspecified atom stereocenters. The standard InChI is InChI=1S/C8H15NO2/c1-5(6-2-3-6)4-7(9)8(10)11/h5-7H,2-4,9H2,1H3,(H,10,11)/t5?,7-/m1/s1. The van der Waals surface area contributed by atoms with Gasteiger partial charge in [0.15, 0.2) is 0 Å². The van der Waals surface area contributed by atoms with Crippen LogP contribution in [0, 0.1) is 11.8 Å². The summed E-state index contributed by atoms with van der Waals surface area (Å²) in [6, 6.07) is -0.661. The zero-order chi connectivity index (χ0) is 8.43. The van der Waals surface area contributed by atoms with Crippen molar-refractivity contribution in [1.82, 2.24) is 0 Å². The van der Waals surface area contributed by atoms with Gasteiger partial charge < -0.3 is 10.8 Å². The van der Waals surface area contributed by atoms with E-state index < -0.39 is 12.0 Å². The van der Waals surface area contributed by atoms with Crippen molar-refractivity contribution in [3.63, 3.8) is 0 Å². The molecule has 11 heavy (non-hydrogen) atoms. The Bertz CT molecular complexity index is 154. The fourth-order valence-corrected chi connectivity index (χ4v) is 1.36. The predicted molar refractivity (Wildman–Crippen MR) is 42.1 cm³/mol. The fraction of sp³-hybridized carbons (Fsp3) is 0.875. The molecule has 2 atom stereocenters. The molecule has 3 heteroatoms. The summed E-state index contributed by atoms with van der Waals surface area (Å²) in [6.07, 6.45) is 3.14. The minimum Gasteiger partial charge on any atom is -0.480 e. The molecule has 0 aromatic heterocycles. The van der Waals surface area contributed by atoms with Crippen LogP contribution in [0.15, 0.2) is 0 Å².